The Balaban J connectivity index is 3.21. The highest BCUT2D eigenvalue weighted by Crippen LogP contribution is 2.08. The van der Waals surface area contributed by atoms with Gasteiger partial charge in [0.05, 0.1) is 27.2 Å². The topological polar surface area (TPSA) is 29.5 Å². The molecule has 0 aliphatic carbocycles. The van der Waals surface area contributed by atoms with E-state index in [1.54, 1.807) is 0 Å². The minimum atomic E-state index is 0.277. The summed E-state index contributed by atoms with van der Waals surface area (Å²) in [6.07, 6.45) is 11.6. The van der Waals surface area contributed by atoms with Crippen LogP contribution in [0.2, 0.25) is 0 Å². The van der Waals surface area contributed by atoms with Crippen molar-refractivity contribution in [1.82, 2.24) is 0 Å². The number of unbranched alkanes of at least 4 members (excludes halogenated alkanes) is 7. The quantitative estimate of drug-likeness (QED) is 0.298. The number of nitrogens with zero attached hydrogens (tertiary/aromatic N) is 1. The third-order valence-electron chi connectivity index (χ3n) is 3.50. The fourth-order valence-corrected chi connectivity index (χ4v) is 2.21. The van der Waals surface area contributed by atoms with Gasteiger partial charge in [0.25, 0.3) is 0 Å². The lowest BCUT2D eigenvalue weighted by molar-refractivity contribution is -0.909. The Kier molecular flexibility index (Phi) is 12.8. The van der Waals surface area contributed by atoms with Crippen molar-refractivity contribution in [3.8, 4) is 0 Å². The van der Waals surface area contributed by atoms with E-state index >= 15 is 0 Å². The average molecular weight is 274 g/mol. The van der Waals surface area contributed by atoms with Gasteiger partial charge in [-0.25, -0.2) is 0 Å². The normalized spacial score (nSPS) is 12.0. The Labute approximate surface area is 120 Å². The van der Waals surface area contributed by atoms with E-state index < -0.39 is 0 Å². The highest BCUT2D eigenvalue weighted by atomic mass is 16.5. The summed E-state index contributed by atoms with van der Waals surface area (Å²) in [5.41, 5.74) is 0. The zero-order valence-corrected chi connectivity index (χ0v) is 13.5. The molecular weight excluding hydrogens is 238 g/mol. The molecule has 116 valence electrons. The fourth-order valence-electron chi connectivity index (χ4n) is 2.21. The van der Waals surface area contributed by atoms with Crippen LogP contribution >= 0.6 is 0 Å². The lowest BCUT2D eigenvalue weighted by Crippen LogP contribution is -2.42. The molecule has 19 heavy (non-hydrogen) atoms. The molecule has 3 heteroatoms. The van der Waals surface area contributed by atoms with Crippen LogP contribution < -0.4 is 0 Å². The molecule has 0 amide bonds. The molecule has 0 fully saturated rings. The first-order chi connectivity index (χ1) is 9.12. The van der Waals surface area contributed by atoms with Gasteiger partial charge in [-0.05, 0) is 6.42 Å². The van der Waals surface area contributed by atoms with Gasteiger partial charge in [-0.1, -0.05) is 51.9 Å². The number of hydrogen-bond acceptors (Lipinski definition) is 2. The Morgan fingerprint density at radius 2 is 1.42 bits per heavy atom. The smallest absolute Gasteiger partial charge is 0.182 e. The molecule has 0 aromatic rings. The molecule has 0 heterocycles. The van der Waals surface area contributed by atoms with Gasteiger partial charge in [-0.2, -0.15) is 0 Å². The van der Waals surface area contributed by atoms with E-state index in [-0.39, 0.29) is 6.61 Å². The maximum Gasteiger partial charge on any atom is 0.182 e. The molecule has 0 unspecified atom stereocenters. The van der Waals surface area contributed by atoms with E-state index in [1.165, 1.54) is 51.4 Å². The first kappa shape index (κ1) is 18.9. The molecule has 0 atom stereocenters. The van der Waals surface area contributed by atoms with E-state index in [0.717, 1.165) is 30.8 Å². The van der Waals surface area contributed by atoms with Crippen molar-refractivity contribution >= 4 is 0 Å². The number of aliphatic hydroxyl groups is 1. The highest BCUT2D eigenvalue weighted by molar-refractivity contribution is 4.45. The molecule has 0 aliphatic rings. The lowest BCUT2D eigenvalue weighted by Gasteiger charge is -2.28. The van der Waals surface area contributed by atoms with E-state index in [4.69, 9.17) is 9.84 Å². The summed E-state index contributed by atoms with van der Waals surface area (Å²) in [5.74, 6) is 0. The van der Waals surface area contributed by atoms with Crippen molar-refractivity contribution in [1.29, 1.82) is 0 Å². The monoisotopic (exact) mass is 274 g/mol. The summed E-state index contributed by atoms with van der Waals surface area (Å²) >= 11 is 0. The third-order valence-corrected chi connectivity index (χ3v) is 3.50. The number of quaternary nitrogens is 1. The molecule has 0 saturated heterocycles. The van der Waals surface area contributed by atoms with Crippen molar-refractivity contribution < 1.29 is 14.3 Å². The molecule has 0 spiro atoms. The van der Waals surface area contributed by atoms with Crippen LogP contribution in [-0.4, -0.2) is 50.2 Å². The molecule has 0 aromatic heterocycles. The third kappa shape index (κ3) is 14.1. The predicted molar refractivity (Wildman–Crippen MR) is 82.1 cm³/mol. The standard InChI is InChI=1S/C16H36NO2/c1-4-5-6-7-8-9-10-11-15-19-16-17(2,3)13-12-14-18/h18H,4-16H2,1-3H3/q+1. The molecule has 0 radical (unpaired) electrons. The number of aliphatic hydroxyl groups excluding tert-OH is 1. The van der Waals surface area contributed by atoms with Gasteiger partial charge >= 0.3 is 0 Å². The van der Waals surface area contributed by atoms with Gasteiger partial charge < -0.3 is 14.3 Å². The van der Waals surface area contributed by atoms with Gasteiger partial charge in [-0.15, -0.1) is 0 Å². The van der Waals surface area contributed by atoms with Gasteiger partial charge in [0.2, 0.25) is 0 Å². The minimum Gasteiger partial charge on any atom is -0.396 e. The summed E-state index contributed by atoms with van der Waals surface area (Å²) in [4.78, 5) is 0. The van der Waals surface area contributed by atoms with Gasteiger partial charge in [-0.3, -0.25) is 0 Å². The van der Waals surface area contributed by atoms with Crippen molar-refractivity contribution in [2.24, 2.45) is 0 Å². The van der Waals surface area contributed by atoms with Crippen LogP contribution in [0.4, 0.5) is 0 Å². The van der Waals surface area contributed by atoms with Crippen LogP contribution in [0.15, 0.2) is 0 Å². The van der Waals surface area contributed by atoms with Crippen molar-refractivity contribution in [2.45, 2.75) is 64.7 Å². The first-order valence-electron chi connectivity index (χ1n) is 8.13. The average Bonchev–Trinajstić information content (AvgIpc) is 2.38. The van der Waals surface area contributed by atoms with Crippen molar-refractivity contribution in [2.75, 3.05) is 40.6 Å². The molecule has 0 rings (SSSR count). The molecule has 0 bridgehead atoms. The summed E-state index contributed by atoms with van der Waals surface area (Å²) in [6.45, 7) is 5.16. The Morgan fingerprint density at radius 1 is 0.842 bits per heavy atom. The Bertz CT molecular complexity index is 184. The minimum absolute atomic E-state index is 0.277. The molecule has 3 nitrogen and oxygen atoms in total. The second-order valence-electron chi connectivity index (χ2n) is 6.25. The zero-order valence-electron chi connectivity index (χ0n) is 13.5. The van der Waals surface area contributed by atoms with E-state index in [2.05, 4.69) is 21.0 Å². The Morgan fingerprint density at radius 3 is 2.00 bits per heavy atom. The fraction of sp³-hybridized carbons (Fsp3) is 1.00. The zero-order chi connectivity index (χ0) is 14.4. The van der Waals surface area contributed by atoms with Gasteiger partial charge in [0, 0.05) is 13.0 Å². The largest absolute Gasteiger partial charge is 0.396 e. The Hall–Kier alpha value is -0.120. The second-order valence-corrected chi connectivity index (χ2v) is 6.25. The van der Waals surface area contributed by atoms with Crippen molar-refractivity contribution in [3.63, 3.8) is 0 Å². The summed E-state index contributed by atoms with van der Waals surface area (Å²) in [7, 11) is 4.31. The van der Waals surface area contributed by atoms with Crippen LogP contribution in [0.1, 0.15) is 64.7 Å². The van der Waals surface area contributed by atoms with Crippen LogP contribution in [0.25, 0.3) is 0 Å². The van der Waals surface area contributed by atoms with Crippen LogP contribution in [0.5, 0.6) is 0 Å². The first-order valence-corrected chi connectivity index (χ1v) is 8.13. The predicted octanol–water partition coefficient (Wildman–Crippen LogP) is 3.56. The van der Waals surface area contributed by atoms with E-state index in [0.29, 0.717) is 0 Å². The lowest BCUT2D eigenvalue weighted by atomic mass is 10.1. The van der Waals surface area contributed by atoms with Gasteiger partial charge in [0.15, 0.2) is 6.73 Å². The van der Waals surface area contributed by atoms with E-state index in [9.17, 15) is 0 Å². The number of hydrogen-bond donors (Lipinski definition) is 1. The molecule has 0 saturated carbocycles. The highest BCUT2D eigenvalue weighted by Gasteiger charge is 2.13. The number of rotatable bonds is 14. The van der Waals surface area contributed by atoms with Crippen LogP contribution in [0.3, 0.4) is 0 Å². The van der Waals surface area contributed by atoms with Crippen LogP contribution in [-0.2, 0) is 4.74 Å². The number of ether oxygens (including phenoxy) is 1. The molecule has 1 N–H and O–H groups in total. The molecule has 0 aromatic carbocycles. The van der Waals surface area contributed by atoms with Crippen LogP contribution in [0, 0.1) is 0 Å². The maximum absolute atomic E-state index is 8.82. The summed E-state index contributed by atoms with van der Waals surface area (Å²) < 4.78 is 6.58. The van der Waals surface area contributed by atoms with Gasteiger partial charge in [0.1, 0.15) is 0 Å². The second kappa shape index (κ2) is 12.9. The maximum atomic E-state index is 8.82. The molecule has 0 aliphatic heterocycles. The summed E-state index contributed by atoms with van der Waals surface area (Å²) in [5, 5.41) is 8.82. The summed E-state index contributed by atoms with van der Waals surface area (Å²) in [6, 6.07) is 0. The van der Waals surface area contributed by atoms with E-state index in [1.807, 2.05) is 0 Å². The SMILES string of the molecule is CCCCCCCCCCOC[N+](C)(C)CCCO. The van der Waals surface area contributed by atoms with Crippen molar-refractivity contribution in [3.05, 3.63) is 0 Å². The molecular formula is C16H36NO2+.